The summed E-state index contributed by atoms with van der Waals surface area (Å²) in [4.78, 5) is 39.1. The zero-order valence-corrected chi connectivity index (χ0v) is 55.1. The van der Waals surface area contributed by atoms with Crippen LogP contribution in [-0.4, -0.2) is 163 Å². The van der Waals surface area contributed by atoms with Crippen molar-refractivity contribution in [2.75, 3.05) is 47.4 Å². The third-order valence-corrected chi connectivity index (χ3v) is 18.4. The van der Waals surface area contributed by atoms with Crippen LogP contribution in [0.25, 0.3) is 0 Å². The van der Waals surface area contributed by atoms with E-state index in [9.17, 15) is 19.6 Å². The molecule has 4 fully saturated rings. The summed E-state index contributed by atoms with van der Waals surface area (Å²) in [6.07, 6.45) is -13.3. The monoisotopic (exact) mass is 1290 g/mol. The molecule has 4 heterocycles. The minimum Gasteiger partial charge on any atom is -0.497 e. The van der Waals surface area contributed by atoms with E-state index in [0.29, 0.717) is 23.0 Å². The summed E-state index contributed by atoms with van der Waals surface area (Å²) in [6.45, 7) is 16.0. The quantitative estimate of drug-likeness (QED) is 0.0499. The first-order chi connectivity index (χ1) is 43.8. The maximum atomic E-state index is 13.7. The van der Waals surface area contributed by atoms with Crippen molar-refractivity contribution in [2.24, 2.45) is 23.7 Å². The zero-order chi connectivity index (χ0) is 65.3. The Bertz CT molecular complexity index is 2940. The van der Waals surface area contributed by atoms with Crippen molar-refractivity contribution >= 4 is 29.6 Å². The minimum absolute atomic E-state index is 0.0746. The second-order valence-electron chi connectivity index (χ2n) is 23.5. The molecule has 0 saturated carbocycles. The molecular weight excluding hydrogens is 1200 g/mol. The molecule has 0 bridgehead atoms. The molecule has 4 aliphatic rings. The Balaban J connectivity index is 1.21. The fourth-order valence-corrected chi connectivity index (χ4v) is 12.5. The third-order valence-electron chi connectivity index (χ3n) is 17.4. The van der Waals surface area contributed by atoms with Crippen LogP contribution in [0.1, 0.15) is 84.6 Å². The number of nitriles is 1. The molecule has 4 aromatic rings. The number of methoxy groups -OCH3 is 4. The number of esters is 2. The molecule has 498 valence electrons. The Morgan fingerprint density at radius 1 is 0.451 bits per heavy atom. The number of nitrogens with zero attached hydrogens (tertiary/aromatic N) is 1. The lowest BCUT2D eigenvalue weighted by Gasteiger charge is -2.52. The molecule has 8 rings (SSSR count). The number of thioether (sulfide) groups is 1. The van der Waals surface area contributed by atoms with Gasteiger partial charge in [-0.15, -0.1) is 11.8 Å². The molecule has 1 amide bonds. The number of rotatable bonds is 29. The molecule has 1 N–H and O–H groups in total. The van der Waals surface area contributed by atoms with Gasteiger partial charge in [0.15, 0.2) is 18.9 Å². The van der Waals surface area contributed by atoms with E-state index in [2.05, 4.69) is 11.4 Å². The van der Waals surface area contributed by atoms with Crippen molar-refractivity contribution in [3.05, 3.63) is 119 Å². The van der Waals surface area contributed by atoms with Crippen molar-refractivity contribution in [1.82, 2.24) is 5.32 Å². The first-order valence-corrected chi connectivity index (χ1v) is 31.9. The van der Waals surface area contributed by atoms with E-state index < -0.39 is 121 Å². The molecule has 0 aliphatic carbocycles. The van der Waals surface area contributed by atoms with Crippen LogP contribution in [0.5, 0.6) is 23.0 Å². The molecular formula is C68H90N2O20S. The van der Waals surface area contributed by atoms with E-state index in [0.717, 1.165) is 34.0 Å². The summed E-state index contributed by atoms with van der Waals surface area (Å²) < 4.78 is 111. The van der Waals surface area contributed by atoms with Gasteiger partial charge in [0.1, 0.15) is 78.3 Å². The fourth-order valence-electron chi connectivity index (χ4n) is 11.6. The van der Waals surface area contributed by atoms with Crippen molar-refractivity contribution in [3.63, 3.8) is 0 Å². The van der Waals surface area contributed by atoms with Gasteiger partial charge >= 0.3 is 11.9 Å². The van der Waals surface area contributed by atoms with Crippen molar-refractivity contribution in [1.29, 1.82) is 5.26 Å². The number of ether oxygens (including phenoxy) is 17. The Hall–Kier alpha value is -6.11. The van der Waals surface area contributed by atoms with Gasteiger partial charge in [-0.2, -0.15) is 5.26 Å². The van der Waals surface area contributed by atoms with Crippen LogP contribution in [0.4, 0.5) is 0 Å². The number of carbonyl (C=O) groups is 3. The lowest BCUT2D eigenvalue weighted by molar-refractivity contribution is -0.378. The molecule has 0 radical (unpaired) electrons. The Labute approximate surface area is 538 Å². The average molecular weight is 1290 g/mol. The van der Waals surface area contributed by atoms with Gasteiger partial charge in [-0.3, -0.25) is 14.4 Å². The van der Waals surface area contributed by atoms with Gasteiger partial charge in [0.2, 0.25) is 5.91 Å². The number of hydrogen-bond acceptors (Lipinski definition) is 22. The normalized spacial score (nSPS) is 31.5. The van der Waals surface area contributed by atoms with E-state index in [1.165, 1.54) is 20.8 Å². The summed E-state index contributed by atoms with van der Waals surface area (Å²) in [5.41, 5.74) is 2.44. The van der Waals surface area contributed by atoms with E-state index >= 15 is 0 Å². The lowest BCUT2D eigenvalue weighted by atomic mass is 9.83. The zero-order valence-electron chi connectivity index (χ0n) is 54.3. The van der Waals surface area contributed by atoms with Crippen LogP contribution in [0.3, 0.4) is 0 Å². The van der Waals surface area contributed by atoms with E-state index in [4.69, 9.17) is 80.5 Å². The molecule has 4 saturated heterocycles. The van der Waals surface area contributed by atoms with Gasteiger partial charge in [0.25, 0.3) is 0 Å². The van der Waals surface area contributed by atoms with Crippen molar-refractivity contribution < 1.29 is 94.9 Å². The Morgan fingerprint density at radius 3 is 1.19 bits per heavy atom. The number of hydrogen-bond donors (Lipinski definition) is 1. The summed E-state index contributed by atoms with van der Waals surface area (Å²) in [7, 11) is 6.42. The van der Waals surface area contributed by atoms with Crippen LogP contribution in [-0.2, 0) is 102 Å². The molecule has 20 atom stereocenters. The number of nitrogens with one attached hydrogen (secondary N) is 1. The average Bonchev–Trinajstić information content (AvgIpc) is 0.854. The molecule has 4 aromatic carbocycles. The molecule has 23 heteroatoms. The maximum absolute atomic E-state index is 13.7. The largest absolute Gasteiger partial charge is 0.497 e. The second kappa shape index (κ2) is 34.2. The third kappa shape index (κ3) is 19.0. The highest BCUT2D eigenvalue weighted by atomic mass is 32.2. The molecule has 91 heavy (non-hydrogen) atoms. The molecule has 4 aliphatic heterocycles. The Kier molecular flexibility index (Phi) is 26.6. The topological polar surface area (TPSA) is 244 Å². The number of amides is 1. The van der Waals surface area contributed by atoms with Crippen LogP contribution in [0.2, 0.25) is 0 Å². The van der Waals surface area contributed by atoms with Gasteiger partial charge in [-0.1, -0.05) is 76.2 Å². The van der Waals surface area contributed by atoms with Crippen LogP contribution >= 0.6 is 11.8 Å². The van der Waals surface area contributed by atoms with Gasteiger partial charge < -0.3 is 85.8 Å². The second-order valence-corrected chi connectivity index (χ2v) is 24.6. The number of carbonyl (C=O) groups excluding carboxylic acids is 3. The summed E-state index contributed by atoms with van der Waals surface area (Å²) in [5.74, 6) is -0.174. The van der Waals surface area contributed by atoms with Crippen LogP contribution in [0.15, 0.2) is 97.1 Å². The van der Waals surface area contributed by atoms with Gasteiger partial charge in [-0.05, 0) is 96.5 Å². The summed E-state index contributed by atoms with van der Waals surface area (Å²) in [6, 6.07) is 31.3. The molecule has 22 nitrogen and oxygen atoms in total. The molecule has 8 unspecified atom stereocenters. The standard InChI is InChI=1S/C68H90N2O20S/c1-38-39(2)60(88-66-63(82-34-49-18-26-53(76-12)27-19-49)58(40(3)42(5)84-66)80-32-47-14-22-51(74-10)23-15-47)65(86-55(38)36-78-45(8)72)90-62-57(70-44(7)71)68(91-31-30-69)87-56(37-79-46(9)73)61(62)89-67-64(83-35-50-20-28-54(77-13)29-21-50)59(41(4)43(6)85-67)81-33-48-16-24-52(75-11)25-17-48/h14-29,38-43,55-68H,31-37H2,1-13H3,(H,70,71)/t38-,39?,40-,41-,42+,43?,55+,56+,57?,58?,59+,60?,61-,62?,63?,64?,65+,66+,67+,68+/m1/s1. The lowest BCUT2D eigenvalue weighted by Crippen LogP contribution is -2.68. The van der Waals surface area contributed by atoms with Gasteiger partial charge in [0, 0.05) is 32.6 Å². The predicted octanol–water partition coefficient (Wildman–Crippen LogP) is 8.89. The molecule has 0 spiro atoms. The van der Waals surface area contributed by atoms with Gasteiger partial charge in [-0.25, -0.2) is 0 Å². The van der Waals surface area contributed by atoms with Gasteiger partial charge in [0.05, 0.1) is 103 Å². The molecule has 0 aromatic heterocycles. The first-order valence-electron chi connectivity index (χ1n) is 30.9. The van der Waals surface area contributed by atoms with E-state index in [1.807, 2.05) is 139 Å². The van der Waals surface area contributed by atoms with E-state index in [1.54, 1.807) is 28.4 Å². The highest BCUT2D eigenvalue weighted by Gasteiger charge is 2.56. The summed E-state index contributed by atoms with van der Waals surface area (Å²) >= 11 is 1.11. The smallest absolute Gasteiger partial charge is 0.302 e. The highest BCUT2D eigenvalue weighted by molar-refractivity contribution is 8.00. The highest BCUT2D eigenvalue weighted by Crippen LogP contribution is 2.43. The maximum Gasteiger partial charge on any atom is 0.302 e. The van der Waals surface area contributed by atoms with Crippen LogP contribution < -0.4 is 24.3 Å². The van der Waals surface area contributed by atoms with Crippen molar-refractivity contribution in [2.45, 2.75) is 186 Å². The van der Waals surface area contributed by atoms with Crippen molar-refractivity contribution in [3.8, 4) is 29.1 Å². The fraction of sp³-hybridized carbons (Fsp3) is 0.588. The predicted molar refractivity (Wildman–Crippen MR) is 332 cm³/mol. The van der Waals surface area contributed by atoms with Crippen LogP contribution in [0, 0.1) is 35.0 Å². The van der Waals surface area contributed by atoms with E-state index in [-0.39, 0.29) is 63.1 Å². The Morgan fingerprint density at radius 2 is 0.813 bits per heavy atom. The minimum atomic E-state index is -1.37. The number of benzene rings is 4. The first kappa shape index (κ1) is 70.8. The summed E-state index contributed by atoms with van der Waals surface area (Å²) in [5, 5.41) is 13.1. The SMILES string of the molecule is COc1ccc(COC2C(OCc3ccc(OC)cc3)[C@H](C)[C@H](C)O[C@H]2OC2C(C)[C@@H](C)[C@H](COC(C)=O)O[C@H]2OC2C(NC(C)=O)[C@H](SCC#N)O[C@@H](COC(C)=O)[C@H]2O[C@@H]2OC(C)[C@@H](C)[C@H](OCc3ccc(OC)cc3)C2OCc2ccc(OC)cc2)cc1.